The maximum Gasteiger partial charge on any atom is 0.269 e. The Balaban J connectivity index is 1.24. The van der Waals surface area contributed by atoms with E-state index in [2.05, 4.69) is 10.1 Å². The van der Waals surface area contributed by atoms with Gasteiger partial charge in [-0.15, -0.1) is 0 Å². The molecule has 0 spiro atoms. The third kappa shape index (κ3) is 2.70. The van der Waals surface area contributed by atoms with E-state index >= 15 is 0 Å². The molecule has 2 heterocycles. The number of nitro groups is 1. The van der Waals surface area contributed by atoms with E-state index in [9.17, 15) is 19.7 Å². The van der Waals surface area contributed by atoms with E-state index in [0.717, 1.165) is 19.3 Å². The molecule has 3 aliphatic rings. The van der Waals surface area contributed by atoms with Crippen molar-refractivity contribution in [3.8, 4) is 22.8 Å². The van der Waals surface area contributed by atoms with Crippen LogP contribution in [-0.2, 0) is 9.59 Å². The van der Waals surface area contributed by atoms with Crippen LogP contribution >= 0.6 is 0 Å². The third-order valence-electron chi connectivity index (χ3n) is 7.06. The van der Waals surface area contributed by atoms with Gasteiger partial charge in [-0.3, -0.25) is 24.6 Å². The second-order valence-corrected chi connectivity index (χ2v) is 8.67. The second-order valence-electron chi connectivity index (χ2n) is 8.67. The smallest absolute Gasteiger partial charge is 0.269 e. The summed E-state index contributed by atoms with van der Waals surface area (Å²) in [5.41, 5.74) is 1.79. The number of aromatic nitrogens is 2. The Labute approximate surface area is 182 Å². The molecule has 4 atom stereocenters. The van der Waals surface area contributed by atoms with Crippen molar-refractivity contribution in [2.24, 2.45) is 23.7 Å². The fourth-order valence-electron chi connectivity index (χ4n) is 5.61. The number of anilines is 1. The van der Waals surface area contributed by atoms with Crippen LogP contribution in [0.15, 0.2) is 53.1 Å². The monoisotopic (exact) mass is 430 g/mol. The Morgan fingerprint density at radius 3 is 2.09 bits per heavy atom. The number of benzene rings is 2. The highest BCUT2D eigenvalue weighted by atomic mass is 16.6. The molecule has 2 bridgehead atoms. The maximum atomic E-state index is 13.0. The Hall–Kier alpha value is -3.88. The summed E-state index contributed by atoms with van der Waals surface area (Å²) >= 11 is 0. The van der Waals surface area contributed by atoms with Gasteiger partial charge in [-0.05, 0) is 67.5 Å². The van der Waals surface area contributed by atoms with Crippen molar-refractivity contribution in [2.75, 3.05) is 4.90 Å². The van der Waals surface area contributed by atoms with Gasteiger partial charge in [0.25, 0.3) is 11.6 Å². The first kappa shape index (κ1) is 18.9. The lowest BCUT2D eigenvalue weighted by Gasteiger charge is -2.19. The molecular weight excluding hydrogens is 412 g/mol. The van der Waals surface area contributed by atoms with Crippen LogP contribution in [0.2, 0.25) is 0 Å². The predicted molar refractivity (Wildman–Crippen MR) is 112 cm³/mol. The SMILES string of the molecule is O=C1[C@@H]2[C@@H]3CC[C@H](C3)[C@H]2C(=O)N1c1ccc(-c2nc(-c3ccc([N+](=O)[O-])cc3)no2)cc1. The normalized spacial score (nSPS) is 26.1. The van der Waals surface area contributed by atoms with Crippen LogP contribution < -0.4 is 4.90 Å². The van der Waals surface area contributed by atoms with Gasteiger partial charge in [0.1, 0.15) is 0 Å². The van der Waals surface area contributed by atoms with Gasteiger partial charge >= 0.3 is 0 Å². The van der Waals surface area contributed by atoms with Gasteiger partial charge in [-0.2, -0.15) is 4.98 Å². The lowest BCUT2D eigenvalue weighted by Crippen LogP contribution is -2.32. The molecule has 2 saturated carbocycles. The van der Waals surface area contributed by atoms with Crippen LogP contribution in [0, 0.1) is 33.8 Å². The fourth-order valence-corrected chi connectivity index (χ4v) is 5.61. The molecule has 0 radical (unpaired) electrons. The van der Waals surface area contributed by atoms with E-state index in [1.165, 1.54) is 17.0 Å². The maximum absolute atomic E-state index is 13.0. The summed E-state index contributed by atoms with van der Waals surface area (Å²) in [4.78, 5) is 42.0. The summed E-state index contributed by atoms with van der Waals surface area (Å²) in [7, 11) is 0. The molecule has 0 unspecified atom stereocenters. The van der Waals surface area contributed by atoms with E-state index in [4.69, 9.17) is 4.52 Å². The van der Waals surface area contributed by atoms with E-state index in [-0.39, 0.29) is 35.2 Å². The number of non-ortho nitro benzene ring substituents is 1. The molecule has 9 nitrogen and oxygen atoms in total. The number of nitrogens with zero attached hydrogens (tertiary/aromatic N) is 4. The number of carbonyl (C=O) groups is 2. The average molecular weight is 430 g/mol. The van der Waals surface area contributed by atoms with Crippen LogP contribution in [0.4, 0.5) is 11.4 Å². The summed E-state index contributed by atoms with van der Waals surface area (Å²) < 4.78 is 5.34. The number of nitro benzene ring substituents is 1. The zero-order chi connectivity index (χ0) is 22.0. The van der Waals surface area contributed by atoms with E-state index in [0.29, 0.717) is 34.5 Å². The van der Waals surface area contributed by atoms with Gasteiger partial charge in [-0.1, -0.05) is 5.16 Å². The zero-order valence-electron chi connectivity index (χ0n) is 16.9. The minimum Gasteiger partial charge on any atom is -0.334 e. The summed E-state index contributed by atoms with van der Waals surface area (Å²) in [6.45, 7) is 0. The van der Waals surface area contributed by atoms with Crippen molar-refractivity contribution in [2.45, 2.75) is 19.3 Å². The number of rotatable bonds is 4. The second kappa shape index (κ2) is 6.81. The highest BCUT2D eigenvalue weighted by molar-refractivity contribution is 6.22. The van der Waals surface area contributed by atoms with Gasteiger partial charge in [0.15, 0.2) is 0 Å². The van der Waals surface area contributed by atoms with Gasteiger partial charge in [-0.25, -0.2) is 0 Å². The first-order valence-electron chi connectivity index (χ1n) is 10.6. The van der Waals surface area contributed by atoms with Crippen molar-refractivity contribution in [3.05, 3.63) is 58.6 Å². The molecule has 1 saturated heterocycles. The lowest BCUT2D eigenvalue weighted by atomic mass is 9.81. The minimum atomic E-state index is -0.471. The van der Waals surface area contributed by atoms with E-state index in [1.807, 2.05) is 0 Å². The molecule has 9 heteroatoms. The molecule has 32 heavy (non-hydrogen) atoms. The van der Waals surface area contributed by atoms with Gasteiger partial charge < -0.3 is 4.52 Å². The summed E-state index contributed by atoms with van der Waals surface area (Å²) in [6, 6.07) is 12.8. The largest absolute Gasteiger partial charge is 0.334 e. The minimum absolute atomic E-state index is 0.0174. The molecular formula is C23H18N4O5. The van der Waals surface area contributed by atoms with Crippen LogP contribution in [0.1, 0.15) is 19.3 Å². The van der Waals surface area contributed by atoms with Crippen LogP contribution in [0.5, 0.6) is 0 Å². The molecule has 2 aliphatic carbocycles. The number of hydrogen-bond acceptors (Lipinski definition) is 7. The Morgan fingerprint density at radius 1 is 0.906 bits per heavy atom. The number of hydrogen-bond donors (Lipinski definition) is 0. The topological polar surface area (TPSA) is 119 Å². The molecule has 2 amide bonds. The molecule has 0 N–H and O–H groups in total. The highest BCUT2D eigenvalue weighted by Gasteiger charge is 2.61. The Bertz CT molecular complexity index is 1220. The zero-order valence-corrected chi connectivity index (χ0v) is 16.9. The third-order valence-corrected chi connectivity index (χ3v) is 7.06. The van der Waals surface area contributed by atoms with Gasteiger partial charge in [0, 0.05) is 23.3 Å². The molecule has 1 aliphatic heterocycles. The van der Waals surface area contributed by atoms with Crippen LogP contribution in [0.3, 0.4) is 0 Å². The highest BCUT2D eigenvalue weighted by Crippen LogP contribution is 2.56. The van der Waals surface area contributed by atoms with Crippen molar-refractivity contribution in [1.82, 2.24) is 10.1 Å². The molecule has 160 valence electrons. The lowest BCUT2D eigenvalue weighted by molar-refractivity contribution is -0.384. The van der Waals surface area contributed by atoms with Gasteiger partial charge in [0.05, 0.1) is 22.4 Å². The summed E-state index contributed by atoms with van der Waals surface area (Å²) in [5, 5.41) is 14.8. The van der Waals surface area contributed by atoms with Crippen LogP contribution in [-0.4, -0.2) is 26.9 Å². The van der Waals surface area contributed by atoms with Crippen molar-refractivity contribution >= 4 is 23.2 Å². The molecule has 3 aromatic rings. The van der Waals surface area contributed by atoms with E-state index < -0.39 is 4.92 Å². The van der Waals surface area contributed by atoms with Crippen molar-refractivity contribution < 1.29 is 19.0 Å². The van der Waals surface area contributed by atoms with Crippen LogP contribution in [0.25, 0.3) is 22.8 Å². The predicted octanol–water partition coefficient (Wildman–Crippen LogP) is 3.85. The van der Waals surface area contributed by atoms with E-state index in [1.54, 1.807) is 36.4 Å². The Morgan fingerprint density at radius 2 is 1.50 bits per heavy atom. The quantitative estimate of drug-likeness (QED) is 0.350. The molecule has 1 aromatic heterocycles. The summed E-state index contributed by atoms with van der Waals surface area (Å²) in [5.74, 6) is 0.841. The van der Waals surface area contributed by atoms with Crippen molar-refractivity contribution in [1.29, 1.82) is 0 Å². The fraction of sp³-hybridized carbons (Fsp3) is 0.304. The van der Waals surface area contributed by atoms with Gasteiger partial charge in [0.2, 0.25) is 17.6 Å². The number of carbonyl (C=O) groups excluding carboxylic acids is 2. The molecule has 3 fully saturated rings. The summed E-state index contributed by atoms with van der Waals surface area (Å²) in [6.07, 6.45) is 3.10. The molecule has 6 rings (SSSR count). The number of amides is 2. The number of fused-ring (bicyclic) bond motifs is 5. The standard InChI is InChI=1S/C23H18N4O5/c28-22-18-14-1-2-15(11-14)19(18)23(29)26(22)16-7-5-13(6-8-16)21-24-20(25-32-21)12-3-9-17(10-4-12)27(30)31/h3-10,14-15,18-19H,1-2,11H2/t14-,15-,18-,19-/m1/s1. The Kier molecular flexibility index (Phi) is 4.01. The van der Waals surface area contributed by atoms with Crippen molar-refractivity contribution in [3.63, 3.8) is 0 Å². The average Bonchev–Trinajstić information content (AvgIpc) is 3.58. The number of imide groups is 1. The first-order valence-corrected chi connectivity index (χ1v) is 10.6. The first-order chi connectivity index (χ1) is 15.5. The molecule has 2 aromatic carbocycles.